The summed E-state index contributed by atoms with van der Waals surface area (Å²) in [5, 5.41) is 22.0. The summed E-state index contributed by atoms with van der Waals surface area (Å²) in [7, 11) is 0. The van der Waals surface area contributed by atoms with Gasteiger partial charge in [0, 0.05) is 23.6 Å². The zero-order chi connectivity index (χ0) is 24.9. The van der Waals surface area contributed by atoms with Gasteiger partial charge >= 0.3 is 0 Å². The van der Waals surface area contributed by atoms with Gasteiger partial charge in [-0.1, -0.05) is 30.7 Å². The molecule has 4 nitrogen and oxygen atoms in total. The first-order valence-corrected chi connectivity index (χ1v) is 10.8. The first kappa shape index (κ1) is 27.2. The highest BCUT2D eigenvalue weighted by molar-refractivity contribution is 6.16. The van der Waals surface area contributed by atoms with Gasteiger partial charge in [0.2, 0.25) is 5.91 Å². The molecule has 1 rings (SSSR count). The molecule has 0 aromatic heterocycles. The number of hydrogen-bond donors (Lipinski definition) is 3. The fourth-order valence-electron chi connectivity index (χ4n) is 3.85. The molecule has 0 heterocycles. The van der Waals surface area contributed by atoms with Crippen molar-refractivity contribution >= 4 is 22.9 Å². The molecular weight excluding hydrogens is 403 g/mol. The Bertz CT molecular complexity index is 1050. The quantitative estimate of drug-likeness (QED) is 0.304. The number of halogens is 1. The van der Waals surface area contributed by atoms with Crippen LogP contribution in [0, 0.1) is 11.2 Å². The number of amides is 1. The molecule has 1 amide bonds. The molecule has 0 saturated heterocycles. The lowest BCUT2D eigenvalue weighted by atomic mass is 9.82. The molecule has 1 aromatic carbocycles. The maximum absolute atomic E-state index is 16.1. The first-order chi connectivity index (χ1) is 14.8. The number of anilines is 1. The van der Waals surface area contributed by atoms with Gasteiger partial charge in [-0.3, -0.25) is 10.2 Å². The standard InChI is InChI=1S/C27H37FN2O2/c1-11-16(7)18(9)23(17(8)14(3)4)26(29)24-20(12-2)21(13-31)22(15(5)6)27(25(24)28)30-19(10)32/h11,29,31H,5,12-13H2,1-4,6-10H3,(H,30,32)/b16-11-,23-18-,29-26?. The Balaban J connectivity index is 4.26. The van der Waals surface area contributed by atoms with Crippen molar-refractivity contribution in [2.45, 2.75) is 75.3 Å². The van der Waals surface area contributed by atoms with Gasteiger partial charge in [-0.25, -0.2) is 4.39 Å². The van der Waals surface area contributed by atoms with Gasteiger partial charge in [-0.15, -0.1) is 0 Å². The van der Waals surface area contributed by atoms with Crippen LogP contribution in [-0.4, -0.2) is 16.7 Å². The Morgan fingerprint density at radius 2 is 1.62 bits per heavy atom. The highest BCUT2D eigenvalue weighted by Gasteiger charge is 2.28. The van der Waals surface area contributed by atoms with Gasteiger partial charge in [0.05, 0.1) is 18.0 Å². The van der Waals surface area contributed by atoms with Crippen LogP contribution >= 0.6 is 0 Å². The maximum atomic E-state index is 16.1. The van der Waals surface area contributed by atoms with Gasteiger partial charge in [0.1, 0.15) is 0 Å². The van der Waals surface area contributed by atoms with E-state index in [0.717, 1.165) is 22.3 Å². The Kier molecular flexibility index (Phi) is 9.52. The molecule has 5 heteroatoms. The summed E-state index contributed by atoms with van der Waals surface area (Å²) in [6, 6.07) is 0. The summed E-state index contributed by atoms with van der Waals surface area (Å²) >= 11 is 0. The number of carbonyl (C=O) groups is 1. The third-order valence-electron chi connectivity index (χ3n) is 5.92. The summed E-state index contributed by atoms with van der Waals surface area (Å²) in [5.41, 5.74) is 6.49. The second-order valence-corrected chi connectivity index (χ2v) is 8.34. The topological polar surface area (TPSA) is 73.2 Å². The van der Waals surface area contributed by atoms with Crippen molar-refractivity contribution in [2.75, 3.05) is 5.32 Å². The number of hydrogen-bond acceptors (Lipinski definition) is 3. The number of carbonyl (C=O) groups excluding carboxylic acids is 1. The Morgan fingerprint density at radius 1 is 1.06 bits per heavy atom. The van der Waals surface area contributed by atoms with Crippen molar-refractivity contribution in [3.63, 3.8) is 0 Å². The SMILES string of the molecule is C=C(C)c1c(CO)c(CC)c(C(=N)/C(C(C)=C(C)C)=C(C)\C(C)=C/C)c(F)c1NC(C)=O. The highest BCUT2D eigenvalue weighted by Crippen LogP contribution is 2.38. The molecule has 0 atom stereocenters. The number of nitrogens with one attached hydrogen (secondary N) is 2. The van der Waals surface area contributed by atoms with E-state index in [2.05, 4.69) is 11.9 Å². The van der Waals surface area contributed by atoms with E-state index >= 15 is 4.39 Å². The van der Waals surface area contributed by atoms with E-state index in [1.807, 2.05) is 54.5 Å². The molecule has 0 aliphatic heterocycles. The predicted octanol–water partition coefficient (Wildman–Crippen LogP) is 6.88. The van der Waals surface area contributed by atoms with Crippen LogP contribution in [0.3, 0.4) is 0 Å². The third-order valence-corrected chi connectivity index (χ3v) is 5.92. The highest BCUT2D eigenvalue weighted by atomic mass is 19.1. The van der Waals surface area contributed by atoms with Crippen LogP contribution in [0.5, 0.6) is 0 Å². The van der Waals surface area contributed by atoms with Gasteiger partial charge in [-0.05, 0) is 82.7 Å². The lowest BCUT2D eigenvalue weighted by molar-refractivity contribution is -0.114. The number of benzene rings is 1. The Morgan fingerprint density at radius 3 is 2.00 bits per heavy atom. The van der Waals surface area contributed by atoms with E-state index < -0.39 is 11.7 Å². The van der Waals surface area contributed by atoms with Crippen molar-refractivity contribution in [3.8, 4) is 0 Å². The number of allylic oxidation sites excluding steroid dienone is 7. The predicted molar refractivity (Wildman–Crippen MR) is 134 cm³/mol. The molecule has 3 N–H and O–H groups in total. The fraction of sp³-hybridized carbons (Fsp3) is 0.407. The second kappa shape index (κ2) is 11.2. The van der Waals surface area contributed by atoms with Crippen molar-refractivity contribution in [2.24, 2.45) is 0 Å². The van der Waals surface area contributed by atoms with Crippen molar-refractivity contribution in [3.05, 3.63) is 68.6 Å². The second-order valence-electron chi connectivity index (χ2n) is 8.34. The van der Waals surface area contributed by atoms with Crippen molar-refractivity contribution in [1.82, 2.24) is 0 Å². The molecule has 0 aliphatic carbocycles. The summed E-state index contributed by atoms with van der Waals surface area (Å²) in [4.78, 5) is 11.9. The minimum Gasteiger partial charge on any atom is -0.392 e. The summed E-state index contributed by atoms with van der Waals surface area (Å²) in [5.74, 6) is -1.11. The average molecular weight is 441 g/mol. The van der Waals surface area contributed by atoms with E-state index in [4.69, 9.17) is 5.41 Å². The smallest absolute Gasteiger partial charge is 0.221 e. The van der Waals surface area contributed by atoms with E-state index in [1.165, 1.54) is 6.92 Å². The third kappa shape index (κ3) is 5.33. The molecule has 0 radical (unpaired) electrons. The molecule has 0 saturated carbocycles. The van der Waals surface area contributed by atoms with Crippen LogP contribution in [0.4, 0.5) is 10.1 Å². The molecule has 0 spiro atoms. The summed E-state index contributed by atoms with van der Waals surface area (Å²) in [6.45, 7) is 20.1. The molecular formula is C27H37FN2O2. The molecule has 174 valence electrons. The van der Waals surface area contributed by atoms with Gasteiger partial charge in [0.15, 0.2) is 5.82 Å². The summed E-state index contributed by atoms with van der Waals surface area (Å²) in [6.07, 6.45) is 2.37. The maximum Gasteiger partial charge on any atom is 0.221 e. The van der Waals surface area contributed by atoms with Crippen molar-refractivity contribution in [1.29, 1.82) is 5.41 Å². The van der Waals surface area contributed by atoms with Crippen LogP contribution < -0.4 is 5.32 Å². The summed E-state index contributed by atoms with van der Waals surface area (Å²) < 4.78 is 16.1. The van der Waals surface area contributed by atoms with E-state index in [-0.39, 0.29) is 23.6 Å². The zero-order valence-electron chi connectivity index (χ0n) is 20.9. The average Bonchev–Trinajstić information content (AvgIpc) is 2.72. The zero-order valence-corrected chi connectivity index (χ0v) is 20.9. The normalized spacial score (nSPS) is 12.3. The molecule has 1 aromatic rings. The van der Waals surface area contributed by atoms with Gasteiger partial charge in [-0.2, -0.15) is 0 Å². The van der Waals surface area contributed by atoms with E-state index in [9.17, 15) is 9.90 Å². The number of aliphatic hydroxyl groups is 1. The van der Waals surface area contributed by atoms with Crippen LogP contribution in [-0.2, 0) is 17.8 Å². The van der Waals surface area contributed by atoms with Gasteiger partial charge in [0.25, 0.3) is 0 Å². The monoisotopic (exact) mass is 440 g/mol. The van der Waals surface area contributed by atoms with E-state index in [1.54, 1.807) is 6.92 Å². The van der Waals surface area contributed by atoms with Crippen LogP contribution in [0.2, 0.25) is 0 Å². The van der Waals surface area contributed by atoms with Crippen LogP contribution in [0.1, 0.15) is 84.6 Å². The van der Waals surface area contributed by atoms with E-state index in [0.29, 0.717) is 34.3 Å². The number of aliphatic hydroxyl groups excluding tert-OH is 1. The first-order valence-electron chi connectivity index (χ1n) is 10.8. The lowest BCUT2D eigenvalue weighted by Gasteiger charge is -2.25. The molecule has 0 bridgehead atoms. The Hall–Kier alpha value is -2.79. The van der Waals surface area contributed by atoms with Crippen LogP contribution in [0.15, 0.2) is 40.5 Å². The van der Waals surface area contributed by atoms with Gasteiger partial charge < -0.3 is 10.4 Å². The molecule has 0 unspecified atom stereocenters. The van der Waals surface area contributed by atoms with Crippen LogP contribution in [0.25, 0.3) is 5.57 Å². The van der Waals surface area contributed by atoms with Crippen molar-refractivity contribution < 1.29 is 14.3 Å². The molecule has 32 heavy (non-hydrogen) atoms. The Labute approximate surface area is 192 Å². The molecule has 0 aliphatic rings. The largest absolute Gasteiger partial charge is 0.392 e. The number of rotatable bonds is 8. The fourth-order valence-corrected chi connectivity index (χ4v) is 3.85. The lowest BCUT2D eigenvalue weighted by Crippen LogP contribution is -2.20. The minimum absolute atomic E-state index is 0.0336. The minimum atomic E-state index is -0.678. The molecule has 0 fully saturated rings.